The first-order valence-electron chi connectivity index (χ1n) is 27.2. The van der Waals surface area contributed by atoms with Crippen LogP contribution in [-0.4, -0.2) is 110 Å². The predicted octanol–water partition coefficient (Wildman–Crippen LogP) is 10.6. The van der Waals surface area contributed by atoms with E-state index in [0.29, 0.717) is 19.3 Å². The summed E-state index contributed by atoms with van der Waals surface area (Å²) in [5, 5.41) is 75.8. The average molecular weight is 926 g/mol. The van der Waals surface area contributed by atoms with Crippen molar-refractivity contribution in [3.05, 3.63) is 24.3 Å². The molecule has 1 amide bonds. The number of hydrogen-bond donors (Lipinski definition) is 8. The van der Waals surface area contributed by atoms with Gasteiger partial charge >= 0.3 is 0 Å². The minimum atomic E-state index is -1.67. The highest BCUT2D eigenvalue weighted by atomic mass is 16.7. The number of carbonyl (C=O) groups excluding carboxylic acids is 1. The van der Waals surface area contributed by atoms with Gasteiger partial charge in [0.15, 0.2) is 6.29 Å². The predicted molar refractivity (Wildman–Crippen MR) is 266 cm³/mol. The third-order valence-corrected chi connectivity index (χ3v) is 13.2. The number of ether oxygens (including phenoxy) is 2. The van der Waals surface area contributed by atoms with Crippen LogP contribution in [0, 0.1) is 0 Å². The number of allylic oxidation sites excluding steroid dienone is 4. The van der Waals surface area contributed by atoms with E-state index >= 15 is 0 Å². The largest absolute Gasteiger partial charge is 0.394 e. The van der Waals surface area contributed by atoms with Gasteiger partial charge in [-0.05, 0) is 51.4 Å². The molecule has 0 aromatic heterocycles. The van der Waals surface area contributed by atoms with Crippen LogP contribution in [0.1, 0.15) is 245 Å². The van der Waals surface area contributed by atoms with Crippen LogP contribution in [0.5, 0.6) is 0 Å². The van der Waals surface area contributed by atoms with Crippen LogP contribution >= 0.6 is 0 Å². The molecular formula is C54H103NO10. The topological polar surface area (TPSA) is 189 Å². The van der Waals surface area contributed by atoms with Gasteiger partial charge in [0.1, 0.15) is 36.6 Å². The number of nitrogens with one attached hydrogen (secondary N) is 1. The summed E-state index contributed by atoms with van der Waals surface area (Å²) < 4.78 is 11.1. The van der Waals surface area contributed by atoms with Gasteiger partial charge in [0.25, 0.3) is 0 Å². The first kappa shape index (κ1) is 61.6. The summed E-state index contributed by atoms with van der Waals surface area (Å²) in [7, 11) is 0. The number of rotatable bonds is 46. The molecule has 8 N–H and O–H groups in total. The number of aliphatic hydroxyl groups is 7. The van der Waals surface area contributed by atoms with Crippen molar-refractivity contribution in [1.82, 2.24) is 5.32 Å². The van der Waals surface area contributed by atoms with E-state index in [1.807, 2.05) is 0 Å². The molecule has 1 heterocycles. The van der Waals surface area contributed by atoms with Crippen molar-refractivity contribution in [3.63, 3.8) is 0 Å². The van der Waals surface area contributed by atoms with Gasteiger partial charge < -0.3 is 50.5 Å². The van der Waals surface area contributed by atoms with Gasteiger partial charge in [-0.3, -0.25) is 4.79 Å². The Morgan fingerprint density at radius 1 is 0.523 bits per heavy atom. The molecule has 384 valence electrons. The molecule has 1 rings (SSSR count). The van der Waals surface area contributed by atoms with Crippen LogP contribution < -0.4 is 5.32 Å². The molecule has 1 saturated heterocycles. The number of hydrogen-bond acceptors (Lipinski definition) is 10. The van der Waals surface area contributed by atoms with Crippen LogP contribution in [-0.2, 0) is 14.3 Å². The zero-order chi connectivity index (χ0) is 47.6. The fourth-order valence-electron chi connectivity index (χ4n) is 8.75. The molecule has 9 unspecified atom stereocenters. The van der Waals surface area contributed by atoms with Gasteiger partial charge in [0.2, 0.25) is 5.91 Å². The summed E-state index contributed by atoms with van der Waals surface area (Å²) in [5.41, 5.74) is 0. The van der Waals surface area contributed by atoms with Crippen molar-refractivity contribution in [2.24, 2.45) is 0 Å². The van der Waals surface area contributed by atoms with E-state index in [2.05, 4.69) is 43.5 Å². The smallest absolute Gasteiger partial charge is 0.249 e. The summed E-state index contributed by atoms with van der Waals surface area (Å²) in [5.74, 6) is -0.707. The van der Waals surface area contributed by atoms with Gasteiger partial charge in [-0.15, -0.1) is 0 Å². The molecule has 0 aromatic rings. The summed E-state index contributed by atoms with van der Waals surface area (Å²) in [6, 6.07) is -1.19. The lowest BCUT2D eigenvalue weighted by Crippen LogP contribution is -2.60. The Balaban J connectivity index is 2.30. The molecule has 11 nitrogen and oxygen atoms in total. The third kappa shape index (κ3) is 32.9. The van der Waals surface area contributed by atoms with Gasteiger partial charge in [0.05, 0.1) is 25.4 Å². The minimum absolute atomic E-state index is 0.248. The normalized spacial score (nSPS) is 21.0. The van der Waals surface area contributed by atoms with Gasteiger partial charge in [-0.2, -0.15) is 0 Å². The molecule has 0 radical (unpaired) electrons. The van der Waals surface area contributed by atoms with Crippen LogP contribution in [0.15, 0.2) is 24.3 Å². The molecule has 65 heavy (non-hydrogen) atoms. The third-order valence-electron chi connectivity index (χ3n) is 13.2. The number of carbonyl (C=O) groups is 1. The maximum absolute atomic E-state index is 13.1. The molecule has 11 heteroatoms. The van der Waals surface area contributed by atoms with Crippen molar-refractivity contribution in [1.29, 1.82) is 0 Å². The Morgan fingerprint density at radius 2 is 0.923 bits per heavy atom. The van der Waals surface area contributed by atoms with Crippen molar-refractivity contribution in [3.8, 4) is 0 Å². The van der Waals surface area contributed by atoms with Crippen molar-refractivity contribution in [2.75, 3.05) is 13.2 Å². The van der Waals surface area contributed by atoms with Gasteiger partial charge in [-0.1, -0.05) is 218 Å². The van der Waals surface area contributed by atoms with E-state index in [1.54, 1.807) is 0 Å². The highest BCUT2D eigenvalue weighted by Gasteiger charge is 2.44. The lowest BCUT2D eigenvalue weighted by Gasteiger charge is -2.40. The fraction of sp³-hybridized carbons (Fsp3) is 0.907. The van der Waals surface area contributed by atoms with E-state index < -0.39 is 74.2 Å². The second-order valence-electron chi connectivity index (χ2n) is 19.3. The molecule has 1 aliphatic heterocycles. The number of amides is 1. The molecular weight excluding hydrogens is 823 g/mol. The quantitative estimate of drug-likeness (QED) is 0.0216. The van der Waals surface area contributed by atoms with E-state index in [0.717, 1.165) is 38.5 Å². The van der Waals surface area contributed by atoms with E-state index in [1.165, 1.54) is 161 Å². The van der Waals surface area contributed by atoms with Crippen molar-refractivity contribution >= 4 is 5.91 Å². The van der Waals surface area contributed by atoms with Crippen LogP contribution in [0.25, 0.3) is 0 Å². The second kappa shape index (κ2) is 43.8. The van der Waals surface area contributed by atoms with Crippen LogP contribution in [0.4, 0.5) is 0 Å². The van der Waals surface area contributed by atoms with Crippen LogP contribution in [0.2, 0.25) is 0 Å². The Labute approximate surface area is 397 Å². The second-order valence-corrected chi connectivity index (χ2v) is 19.3. The molecule has 0 bridgehead atoms. The van der Waals surface area contributed by atoms with Gasteiger partial charge in [-0.25, -0.2) is 0 Å². The maximum Gasteiger partial charge on any atom is 0.249 e. The maximum atomic E-state index is 13.1. The van der Waals surface area contributed by atoms with E-state index in [9.17, 15) is 40.5 Å². The monoisotopic (exact) mass is 926 g/mol. The molecule has 1 fully saturated rings. The molecule has 1 aliphatic rings. The highest BCUT2D eigenvalue weighted by Crippen LogP contribution is 2.23. The summed E-state index contributed by atoms with van der Waals surface area (Å²) in [6.45, 7) is 3.42. The lowest BCUT2D eigenvalue weighted by molar-refractivity contribution is -0.303. The zero-order valence-electron chi connectivity index (χ0n) is 41.7. The summed E-state index contributed by atoms with van der Waals surface area (Å²) >= 11 is 0. The molecule has 0 spiro atoms. The van der Waals surface area contributed by atoms with Crippen LogP contribution in [0.3, 0.4) is 0 Å². The SMILES string of the molecule is CCCCCC/C=C/CC/C=C/CCCC(O)C(O)C(COC1OC(CO)C(O)C(O)C1O)NC(=O)C(O)CCCCCCCCCCCCCCCCCCCCCCCCCCC. The minimum Gasteiger partial charge on any atom is -0.394 e. The Kier molecular flexibility index (Phi) is 41.6. The summed E-state index contributed by atoms with van der Waals surface area (Å²) in [6.07, 6.45) is 39.6. The highest BCUT2D eigenvalue weighted by molar-refractivity contribution is 5.80. The standard InChI is InChI=1S/C54H103NO10/c1-3-5-7-9-11-13-15-17-18-19-20-21-22-23-24-25-26-27-28-30-32-34-36-38-40-42-47(58)53(63)55-45(44-64-54-52(62)51(61)50(60)48(43-56)65-54)49(59)46(57)41-39-37-35-33-31-29-16-14-12-10-8-6-4-2/h14,16,33,35,45-52,54,56-62H,3-13,15,17-32,34,36-44H2,1-2H3,(H,55,63)/b16-14+,35-33+. The molecule has 0 aliphatic carbocycles. The van der Waals surface area contributed by atoms with E-state index in [-0.39, 0.29) is 12.8 Å². The number of aliphatic hydroxyl groups excluding tert-OH is 7. The van der Waals surface area contributed by atoms with Gasteiger partial charge in [0, 0.05) is 0 Å². The number of unbranched alkanes of at least 4 members (excludes halogenated alkanes) is 30. The average Bonchev–Trinajstić information content (AvgIpc) is 3.31. The molecule has 0 aromatic carbocycles. The van der Waals surface area contributed by atoms with E-state index in [4.69, 9.17) is 9.47 Å². The van der Waals surface area contributed by atoms with Crippen molar-refractivity contribution in [2.45, 2.75) is 300 Å². The fourth-order valence-corrected chi connectivity index (χ4v) is 8.75. The Morgan fingerprint density at radius 3 is 1.37 bits per heavy atom. The molecule has 9 atom stereocenters. The Hall–Kier alpha value is -1.41. The zero-order valence-corrected chi connectivity index (χ0v) is 41.7. The summed E-state index contributed by atoms with van der Waals surface area (Å²) in [4.78, 5) is 13.1. The molecule has 0 saturated carbocycles. The Bertz CT molecular complexity index is 1110. The first-order chi connectivity index (χ1) is 31.7. The van der Waals surface area contributed by atoms with Crippen molar-refractivity contribution < 1.29 is 50.0 Å². The first-order valence-corrected chi connectivity index (χ1v) is 27.2. The lowest BCUT2D eigenvalue weighted by atomic mass is 9.98.